The van der Waals surface area contributed by atoms with E-state index in [0.29, 0.717) is 17.3 Å². The van der Waals surface area contributed by atoms with Crippen LogP contribution >= 0.6 is 31.9 Å². The number of hydrogen-bond donors (Lipinski definition) is 1. The Hall–Kier alpha value is -0.420. The van der Waals surface area contributed by atoms with E-state index < -0.39 is 15.6 Å². The molecule has 96 valence electrons. The number of nitriles is 1. The predicted octanol–water partition coefficient (Wildman–Crippen LogP) is 2.94. The summed E-state index contributed by atoms with van der Waals surface area (Å²) in [6.07, 6.45) is 2.01. The van der Waals surface area contributed by atoms with E-state index in [-0.39, 0.29) is 4.90 Å². The first kappa shape index (κ1) is 14.0. The lowest BCUT2D eigenvalue weighted by Crippen LogP contribution is -2.52. The Kier molecular flexibility index (Phi) is 3.83. The van der Waals surface area contributed by atoms with Gasteiger partial charge >= 0.3 is 0 Å². The first-order chi connectivity index (χ1) is 8.38. The largest absolute Gasteiger partial charge is 0.243 e. The van der Waals surface area contributed by atoms with Gasteiger partial charge in [-0.15, -0.1) is 0 Å². The maximum absolute atomic E-state index is 12.2. The molecule has 1 saturated carbocycles. The number of sulfonamides is 1. The van der Waals surface area contributed by atoms with Gasteiger partial charge in [-0.3, -0.25) is 0 Å². The summed E-state index contributed by atoms with van der Waals surface area (Å²) in [5, 5.41) is 9.06. The Morgan fingerprint density at radius 3 is 2.44 bits per heavy atom. The molecule has 0 heterocycles. The number of halogens is 2. The molecule has 0 atom stereocenters. The smallest absolute Gasteiger partial charge is 0.207 e. The van der Waals surface area contributed by atoms with Crippen molar-refractivity contribution in [1.82, 2.24) is 4.72 Å². The number of hydrogen-bond acceptors (Lipinski definition) is 3. The fraction of sp³-hybridized carbons (Fsp3) is 0.364. The van der Waals surface area contributed by atoms with Crippen molar-refractivity contribution in [2.24, 2.45) is 0 Å². The Morgan fingerprint density at radius 1 is 1.33 bits per heavy atom. The summed E-state index contributed by atoms with van der Waals surface area (Å²) in [7, 11) is -3.68. The Morgan fingerprint density at radius 2 is 2.00 bits per heavy atom. The Bertz CT molecular complexity index is 618. The Balaban J connectivity index is 2.34. The van der Waals surface area contributed by atoms with Gasteiger partial charge in [0.05, 0.1) is 11.0 Å². The lowest BCUT2D eigenvalue weighted by atomic mass is 9.79. The van der Waals surface area contributed by atoms with Crippen LogP contribution in [-0.2, 0) is 10.0 Å². The molecule has 1 aliphatic rings. The highest BCUT2D eigenvalue weighted by molar-refractivity contribution is 9.11. The second-order valence-corrected chi connectivity index (χ2v) is 7.65. The third kappa shape index (κ3) is 2.62. The number of nitrogens with zero attached hydrogens (tertiary/aromatic N) is 1. The highest BCUT2D eigenvalue weighted by Crippen LogP contribution is 2.34. The average molecular weight is 394 g/mol. The van der Waals surface area contributed by atoms with Crippen LogP contribution in [0.1, 0.15) is 19.3 Å². The lowest BCUT2D eigenvalue weighted by Gasteiger charge is -2.35. The monoisotopic (exact) mass is 392 g/mol. The molecule has 0 spiro atoms. The van der Waals surface area contributed by atoms with Crippen molar-refractivity contribution < 1.29 is 8.42 Å². The molecule has 4 nitrogen and oxygen atoms in total. The molecule has 1 aromatic carbocycles. The van der Waals surface area contributed by atoms with Crippen molar-refractivity contribution in [2.45, 2.75) is 29.7 Å². The van der Waals surface area contributed by atoms with Crippen molar-refractivity contribution in [1.29, 1.82) is 5.26 Å². The highest BCUT2D eigenvalue weighted by Gasteiger charge is 2.41. The minimum Gasteiger partial charge on any atom is -0.207 e. The van der Waals surface area contributed by atoms with E-state index in [4.69, 9.17) is 5.26 Å². The molecular weight excluding hydrogens is 384 g/mol. The molecule has 1 N–H and O–H groups in total. The molecule has 1 fully saturated rings. The lowest BCUT2D eigenvalue weighted by molar-refractivity contribution is 0.296. The molecular formula is C11H10Br2N2O2S. The van der Waals surface area contributed by atoms with Crippen LogP contribution in [0, 0.1) is 11.3 Å². The molecule has 0 aliphatic heterocycles. The molecule has 0 saturated heterocycles. The Labute approximate surface area is 123 Å². The maximum atomic E-state index is 12.2. The minimum absolute atomic E-state index is 0.146. The molecule has 0 aromatic heterocycles. The standard InChI is InChI=1S/C11H10Br2N2O2S/c12-8-2-3-10(9(13)6-8)18(16,17)15-11(7-14)4-1-5-11/h2-3,6,15H,1,4-5H2. The van der Waals surface area contributed by atoms with E-state index in [0.717, 1.165) is 10.9 Å². The van der Waals surface area contributed by atoms with Crippen molar-refractivity contribution in [3.8, 4) is 6.07 Å². The average Bonchev–Trinajstić information content (AvgIpc) is 2.23. The van der Waals surface area contributed by atoms with Crippen LogP contribution in [0.2, 0.25) is 0 Å². The third-order valence-electron chi connectivity index (χ3n) is 2.93. The molecule has 0 amide bonds. The predicted molar refractivity (Wildman–Crippen MR) is 74.4 cm³/mol. The SMILES string of the molecule is N#CC1(NS(=O)(=O)c2ccc(Br)cc2Br)CCC1. The van der Waals surface area contributed by atoms with Crippen molar-refractivity contribution in [3.63, 3.8) is 0 Å². The van der Waals surface area contributed by atoms with E-state index in [1.165, 1.54) is 6.07 Å². The summed E-state index contributed by atoms with van der Waals surface area (Å²) in [6.45, 7) is 0. The molecule has 18 heavy (non-hydrogen) atoms. The molecule has 0 unspecified atom stereocenters. The van der Waals surface area contributed by atoms with Gasteiger partial charge in [0.1, 0.15) is 5.54 Å². The van der Waals surface area contributed by atoms with Gasteiger partial charge in [-0.1, -0.05) is 15.9 Å². The summed E-state index contributed by atoms with van der Waals surface area (Å²) < 4.78 is 28.2. The summed E-state index contributed by atoms with van der Waals surface area (Å²) in [6, 6.07) is 6.87. The zero-order valence-corrected chi connectivity index (χ0v) is 13.3. The van der Waals surface area contributed by atoms with Gasteiger partial charge in [-0.25, -0.2) is 8.42 Å². The fourth-order valence-electron chi connectivity index (χ4n) is 1.77. The number of rotatable bonds is 3. The number of benzene rings is 1. The zero-order valence-electron chi connectivity index (χ0n) is 9.28. The minimum atomic E-state index is -3.68. The number of nitrogens with one attached hydrogen (secondary N) is 1. The van der Waals surface area contributed by atoms with Gasteiger partial charge in [-0.05, 0) is 53.4 Å². The van der Waals surface area contributed by atoms with Gasteiger partial charge in [0.15, 0.2) is 0 Å². The van der Waals surface area contributed by atoms with Crippen molar-refractivity contribution in [2.75, 3.05) is 0 Å². The summed E-state index contributed by atoms with van der Waals surface area (Å²) in [5.74, 6) is 0. The molecule has 1 aliphatic carbocycles. The zero-order chi connectivity index (χ0) is 13.4. The van der Waals surface area contributed by atoms with Gasteiger partial charge in [-0.2, -0.15) is 9.98 Å². The van der Waals surface area contributed by atoms with Crippen LogP contribution in [-0.4, -0.2) is 14.0 Å². The van der Waals surface area contributed by atoms with Gasteiger partial charge < -0.3 is 0 Å². The summed E-state index contributed by atoms with van der Waals surface area (Å²) in [4.78, 5) is 0.146. The van der Waals surface area contributed by atoms with E-state index in [2.05, 4.69) is 42.7 Å². The fourth-order valence-corrected chi connectivity index (χ4v) is 4.90. The van der Waals surface area contributed by atoms with Crippen LogP contribution in [0.5, 0.6) is 0 Å². The molecule has 0 bridgehead atoms. The van der Waals surface area contributed by atoms with Gasteiger partial charge in [0, 0.05) is 8.95 Å². The van der Waals surface area contributed by atoms with Gasteiger partial charge in [0.2, 0.25) is 10.0 Å². The van der Waals surface area contributed by atoms with Crippen LogP contribution < -0.4 is 4.72 Å². The normalized spacial score (nSPS) is 17.8. The van der Waals surface area contributed by atoms with Crippen LogP contribution in [0.3, 0.4) is 0 Å². The van der Waals surface area contributed by atoms with Crippen molar-refractivity contribution in [3.05, 3.63) is 27.1 Å². The van der Waals surface area contributed by atoms with Crippen LogP contribution in [0.4, 0.5) is 0 Å². The second-order valence-electron chi connectivity index (χ2n) is 4.23. The summed E-state index contributed by atoms with van der Waals surface area (Å²) >= 11 is 6.49. The molecule has 2 rings (SSSR count). The topological polar surface area (TPSA) is 70.0 Å². The third-order valence-corrected chi connectivity index (χ3v) is 5.94. The first-order valence-corrected chi connectivity index (χ1v) is 8.36. The quantitative estimate of drug-likeness (QED) is 0.858. The van der Waals surface area contributed by atoms with E-state index >= 15 is 0 Å². The molecule has 0 radical (unpaired) electrons. The van der Waals surface area contributed by atoms with E-state index in [9.17, 15) is 8.42 Å². The van der Waals surface area contributed by atoms with Crippen molar-refractivity contribution >= 4 is 41.9 Å². The molecule has 7 heteroatoms. The second kappa shape index (κ2) is 4.93. The highest BCUT2D eigenvalue weighted by atomic mass is 79.9. The van der Waals surface area contributed by atoms with Crippen LogP contribution in [0.25, 0.3) is 0 Å². The van der Waals surface area contributed by atoms with Gasteiger partial charge in [0.25, 0.3) is 0 Å². The summed E-state index contributed by atoms with van der Waals surface area (Å²) in [5.41, 5.74) is -0.925. The van der Waals surface area contributed by atoms with E-state index in [1.54, 1.807) is 12.1 Å². The first-order valence-electron chi connectivity index (χ1n) is 5.29. The molecule has 1 aromatic rings. The van der Waals surface area contributed by atoms with Crippen LogP contribution in [0.15, 0.2) is 32.0 Å². The maximum Gasteiger partial charge on any atom is 0.243 e. The van der Waals surface area contributed by atoms with E-state index in [1.807, 2.05) is 0 Å².